The quantitative estimate of drug-likeness (QED) is 0.524. The Morgan fingerprint density at radius 3 is 2.62 bits per heavy atom. The van der Waals surface area contributed by atoms with Gasteiger partial charge in [0.05, 0.1) is 6.61 Å². The minimum Gasteiger partial charge on any atom is -0.461 e. The van der Waals surface area contributed by atoms with Gasteiger partial charge in [0.2, 0.25) is 0 Å². The van der Waals surface area contributed by atoms with Gasteiger partial charge in [0.15, 0.2) is 17.3 Å². The third-order valence-corrected chi connectivity index (χ3v) is 2.64. The molecule has 0 amide bonds. The summed E-state index contributed by atoms with van der Waals surface area (Å²) in [6.07, 6.45) is 0. The second kappa shape index (κ2) is 5.98. The predicted octanol–water partition coefficient (Wildman–Crippen LogP) is -0.394. The zero-order valence-corrected chi connectivity index (χ0v) is 10.8. The molecule has 0 aliphatic heterocycles. The van der Waals surface area contributed by atoms with Gasteiger partial charge in [-0.15, -0.1) is 5.10 Å². The van der Waals surface area contributed by atoms with Gasteiger partial charge >= 0.3 is 13.1 Å². The van der Waals surface area contributed by atoms with Crippen LogP contribution in [0, 0.1) is 11.6 Å². The third kappa shape index (κ3) is 2.90. The molecule has 0 fully saturated rings. The Balaban J connectivity index is 2.60. The lowest BCUT2D eigenvalue weighted by atomic mass is 9.76. The van der Waals surface area contributed by atoms with Crippen molar-refractivity contribution in [1.29, 1.82) is 0 Å². The molecule has 0 atom stereocenters. The average Bonchev–Trinajstić information content (AvgIpc) is 2.90. The molecule has 1 aromatic carbocycles. The van der Waals surface area contributed by atoms with Crippen LogP contribution in [0.5, 0.6) is 0 Å². The first-order valence-corrected chi connectivity index (χ1v) is 5.89. The van der Waals surface area contributed by atoms with Gasteiger partial charge < -0.3 is 14.8 Å². The van der Waals surface area contributed by atoms with Gasteiger partial charge in [0.25, 0.3) is 0 Å². The maximum Gasteiger partial charge on any atom is 0.489 e. The molecule has 110 valence electrons. The van der Waals surface area contributed by atoms with E-state index < -0.39 is 24.7 Å². The molecule has 0 spiro atoms. The fraction of sp³-hybridized carbons (Fsp3) is 0.182. The Labute approximate surface area is 117 Å². The number of rotatable bonds is 4. The van der Waals surface area contributed by atoms with Crippen molar-refractivity contribution in [1.82, 2.24) is 15.4 Å². The molecule has 7 nitrogen and oxygen atoms in total. The highest BCUT2D eigenvalue weighted by Gasteiger charge is 2.26. The van der Waals surface area contributed by atoms with Crippen LogP contribution < -0.4 is 5.46 Å². The minimum atomic E-state index is -2.08. The summed E-state index contributed by atoms with van der Waals surface area (Å²) >= 11 is 0. The standard InChI is InChI=1S/C11H10BF2N3O4/c1-2-21-11(18)10-9(15-17-16-10)5-3-7(13)8(14)4-6(5)12(19)20/h3-4,19-20H,2H2,1H3,(H,15,16,17). The first-order chi connectivity index (χ1) is 9.95. The first kappa shape index (κ1) is 15.1. The molecular weight excluding hydrogens is 287 g/mol. The monoisotopic (exact) mass is 297 g/mol. The third-order valence-electron chi connectivity index (χ3n) is 2.64. The molecule has 0 aliphatic carbocycles. The van der Waals surface area contributed by atoms with E-state index in [2.05, 4.69) is 15.4 Å². The van der Waals surface area contributed by atoms with Crippen LogP contribution >= 0.6 is 0 Å². The van der Waals surface area contributed by atoms with Crippen LogP contribution in [0.1, 0.15) is 17.4 Å². The molecule has 2 aromatic rings. The normalized spacial score (nSPS) is 10.5. The number of carbonyl (C=O) groups excluding carboxylic acids is 1. The highest BCUT2D eigenvalue weighted by Crippen LogP contribution is 2.21. The molecule has 1 heterocycles. The van der Waals surface area contributed by atoms with E-state index in [1.165, 1.54) is 0 Å². The number of esters is 1. The van der Waals surface area contributed by atoms with Crippen molar-refractivity contribution in [3.63, 3.8) is 0 Å². The molecule has 0 aliphatic rings. The lowest BCUT2D eigenvalue weighted by molar-refractivity contribution is 0.0520. The summed E-state index contributed by atoms with van der Waals surface area (Å²) in [5, 5.41) is 27.9. The number of hydrogen-bond acceptors (Lipinski definition) is 6. The average molecular weight is 297 g/mol. The summed E-state index contributed by atoms with van der Waals surface area (Å²) in [6, 6.07) is 1.31. The van der Waals surface area contributed by atoms with Gasteiger partial charge in [-0.05, 0) is 24.5 Å². The number of benzene rings is 1. The second-order valence-corrected chi connectivity index (χ2v) is 3.97. The Morgan fingerprint density at radius 1 is 1.33 bits per heavy atom. The molecule has 0 bridgehead atoms. The molecule has 0 unspecified atom stereocenters. The van der Waals surface area contributed by atoms with Crippen LogP contribution in [-0.4, -0.2) is 45.2 Å². The van der Waals surface area contributed by atoms with Gasteiger partial charge in [-0.3, -0.25) is 0 Å². The van der Waals surface area contributed by atoms with E-state index in [0.29, 0.717) is 12.1 Å². The maximum atomic E-state index is 13.4. The Kier molecular flexibility index (Phi) is 4.29. The van der Waals surface area contributed by atoms with Crippen molar-refractivity contribution in [2.45, 2.75) is 6.92 Å². The van der Waals surface area contributed by atoms with Crippen LogP contribution in [0.3, 0.4) is 0 Å². The number of nitrogens with zero attached hydrogens (tertiary/aromatic N) is 2. The van der Waals surface area contributed by atoms with E-state index >= 15 is 0 Å². The van der Waals surface area contributed by atoms with Crippen molar-refractivity contribution >= 4 is 18.6 Å². The minimum absolute atomic E-state index is 0.0817. The summed E-state index contributed by atoms with van der Waals surface area (Å²) < 4.78 is 31.3. The van der Waals surface area contributed by atoms with E-state index in [1.807, 2.05) is 0 Å². The number of aromatic amines is 1. The molecule has 0 saturated carbocycles. The fourth-order valence-corrected chi connectivity index (χ4v) is 1.74. The largest absolute Gasteiger partial charge is 0.489 e. The van der Waals surface area contributed by atoms with Crippen LogP contribution in [0.15, 0.2) is 12.1 Å². The number of carbonyl (C=O) groups is 1. The van der Waals surface area contributed by atoms with E-state index in [0.717, 1.165) is 0 Å². The van der Waals surface area contributed by atoms with Gasteiger partial charge in [-0.25, -0.2) is 13.6 Å². The summed E-state index contributed by atoms with van der Waals surface area (Å²) in [7, 11) is -2.08. The van der Waals surface area contributed by atoms with E-state index in [1.54, 1.807) is 6.92 Å². The molecule has 2 rings (SSSR count). The Hall–Kier alpha value is -2.33. The van der Waals surface area contributed by atoms with Crippen molar-refractivity contribution in [2.75, 3.05) is 6.61 Å². The zero-order valence-electron chi connectivity index (χ0n) is 10.8. The van der Waals surface area contributed by atoms with Crippen LogP contribution in [0.25, 0.3) is 11.3 Å². The summed E-state index contributed by atoms with van der Waals surface area (Å²) in [4.78, 5) is 11.7. The van der Waals surface area contributed by atoms with Crippen LogP contribution in [0.2, 0.25) is 0 Å². The van der Waals surface area contributed by atoms with Gasteiger partial charge in [-0.2, -0.15) is 10.3 Å². The first-order valence-electron chi connectivity index (χ1n) is 5.89. The summed E-state index contributed by atoms with van der Waals surface area (Å²) in [5.74, 6) is -3.32. The summed E-state index contributed by atoms with van der Waals surface area (Å²) in [5.41, 5.74) is -0.978. The Bertz CT molecular complexity index is 677. The molecule has 0 saturated heterocycles. The smallest absolute Gasteiger partial charge is 0.461 e. The number of hydrogen-bond donors (Lipinski definition) is 3. The SMILES string of the molecule is CCOC(=O)c1n[nH]nc1-c1cc(F)c(F)cc1B(O)O. The van der Waals surface area contributed by atoms with E-state index in [4.69, 9.17) is 4.74 Å². The lowest BCUT2D eigenvalue weighted by Gasteiger charge is -2.08. The van der Waals surface area contributed by atoms with Crippen LogP contribution in [0.4, 0.5) is 8.78 Å². The van der Waals surface area contributed by atoms with Crippen molar-refractivity contribution < 1.29 is 28.4 Å². The number of halogens is 2. The number of aromatic nitrogens is 3. The topological polar surface area (TPSA) is 108 Å². The van der Waals surface area contributed by atoms with Crippen molar-refractivity contribution in [3.05, 3.63) is 29.5 Å². The lowest BCUT2D eigenvalue weighted by Crippen LogP contribution is -2.32. The molecule has 3 N–H and O–H groups in total. The van der Waals surface area contributed by atoms with Gasteiger partial charge in [0.1, 0.15) is 5.69 Å². The van der Waals surface area contributed by atoms with Crippen LogP contribution in [-0.2, 0) is 4.74 Å². The predicted molar refractivity (Wildman–Crippen MR) is 67.5 cm³/mol. The summed E-state index contributed by atoms with van der Waals surface area (Å²) in [6.45, 7) is 1.66. The van der Waals surface area contributed by atoms with E-state index in [9.17, 15) is 23.6 Å². The van der Waals surface area contributed by atoms with E-state index in [-0.39, 0.29) is 29.0 Å². The molecule has 21 heavy (non-hydrogen) atoms. The maximum absolute atomic E-state index is 13.4. The zero-order chi connectivity index (χ0) is 15.6. The number of ether oxygens (including phenoxy) is 1. The number of H-pyrrole nitrogens is 1. The fourth-order valence-electron chi connectivity index (χ4n) is 1.74. The molecule has 0 radical (unpaired) electrons. The van der Waals surface area contributed by atoms with Gasteiger partial charge in [0, 0.05) is 5.56 Å². The highest BCUT2D eigenvalue weighted by atomic mass is 19.2. The molecule has 1 aromatic heterocycles. The van der Waals surface area contributed by atoms with Crippen molar-refractivity contribution in [2.24, 2.45) is 0 Å². The molecular formula is C11H10BF2N3O4. The van der Waals surface area contributed by atoms with Crippen molar-refractivity contribution in [3.8, 4) is 11.3 Å². The Morgan fingerprint density at radius 2 is 2.00 bits per heavy atom. The highest BCUT2D eigenvalue weighted by molar-refractivity contribution is 6.60. The molecule has 10 heteroatoms. The number of nitrogens with one attached hydrogen (secondary N) is 1. The second-order valence-electron chi connectivity index (χ2n) is 3.97. The van der Waals surface area contributed by atoms with Gasteiger partial charge in [-0.1, -0.05) is 0 Å².